The second-order valence-electron chi connectivity index (χ2n) is 7.65. The van der Waals surface area contributed by atoms with Crippen molar-refractivity contribution in [3.05, 3.63) is 90.5 Å². The smallest absolute Gasteiger partial charge is 0.335 e. The molecular weight excluding hydrogens is 432 g/mol. The van der Waals surface area contributed by atoms with Crippen LogP contribution in [-0.2, 0) is 0 Å². The first-order valence-corrected chi connectivity index (χ1v) is 10.4. The van der Waals surface area contributed by atoms with Crippen LogP contribution in [0.2, 0.25) is 0 Å². The van der Waals surface area contributed by atoms with E-state index < -0.39 is 5.97 Å². The van der Waals surface area contributed by atoms with Crippen molar-refractivity contribution in [1.82, 2.24) is 20.4 Å². The average molecular weight is 450 g/mol. The van der Waals surface area contributed by atoms with Crippen molar-refractivity contribution in [3.63, 3.8) is 0 Å². The van der Waals surface area contributed by atoms with Gasteiger partial charge in [-0.3, -0.25) is 0 Å². The van der Waals surface area contributed by atoms with Crippen molar-refractivity contribution >= 4 is 11.5 Å². The molecule has 5 rings (SSSR count). The predicted molar refractivity (Wildman–Crippen MR) is 126 cm³/mol. The van der Waals surface area contributed by atoms with Gasteiger partial charge in [-0.25, -0.2) is 4.79 Å². The molecule has 8 heteroatoms. The quantitative estimate of drug-likeness (QED) is 0.342. The first-order valence-electron chi connectivity index (χ1n) is 10.4. The summed E-state index contributed by atoms with van der Waals surface area (Å²) in [5, 5.41) is 25.6. The van der Waals surface area contributed by atoms with E-state index in [0.29, 0.717) is 28.8 Å². The molecule has 0 radical (unpaired) electrons. The summed E-state index contributed by atoms with van der Waals surface area (Å²) in [6.45, 7) is 5.89. The van der Waals surface area contributed by atoms with Gasteiger partial charge in [0.15, 0.2) is 0 Å². The summed E-state index contributed by atoms with van der Waals surface area (Å²) in [5.41, 5.74) is 4.99. The van der Waals surface area contributed by atoms with Crippen molar-refractivity contribution in [2.24, 2.45) is 0 Å². The molecule has 0 unspecified atom stereocenters. The molecule has 166 valence electrons. The van der Waals surface area contributed by atoms with Crippen LogP contribution < -0.4 is 0 Å². The molecular formula is C26H18N4O4. The lowest BCUT2D eigenvalue weighted by atomic mass is 10.1. The number of carboxylic acids is 1. The Morgan fingerprint density at radius 1 is 0.676 bits per heavy atom. The van der Waals surface area contributed by atoms with Crippen LogP contribution in [0.1, 0.15) is 22.8 Å². The molecule has 0 aliphatic heterocycles. The molecule has 0 aliphatic rings. The van der Waals surface area contributed by atoms with Gasteiger partial charge in [0.05, 0.1) is 5.56 Å². The van der Waals surface area contributed by atoms with E-state index in [1.807, 2.05) is 55.5 Å². The predicted octanol–water partition coefficient (Wildman–Crippen LogP) is 5.85. The zero-order chi connectivity index (χ0) is 23.7. The maximum Gasteiger partial charge on any atom is 0.335 e. The molecule has 34 heavy (non-hydrogen) atoms. The summed E-state index contributed by atoms with van der Waals surface area (Å²) in [7, 11) is 0. The minimum Gasteiger partial charge on any atom is -0.478 e. The van der Waals surface area contributed by atoms with Gasteiger partial charge < -0.3 is 13.9 Å². The Kier molecular flexibility index (Phi) is 5.31. The van der Waals surface area contributed by atoms with Gasteiger partial charge in [-0.2, -0.15) is 0 Å². The van der Waals surface area contributed by atoms with Crippen molar-refractivity contribution in [2.75, 3.05) is 0 Å². The summed E-state index contributed by atoms with van der Waals surface area (Å²) in [5.74, 6) is 0.345. The van der Waals surface area contributed by atoms with Gasteiger partial charge in [-0.1, -0.05) is 30.4 Å². The number of aromatic carboxylic acids is 1. The monoisotopic (exact) mass is 450 g/mol. The third-order valence-electron chi connectivity index (χ3n) is 5.21. The fourth-order valence-electron chi connectivity index (χ4n) is 3.35. The van der Waals surface area contributed by atoms with Crippen LogP contribution in [0.25, 0.3) is 51.4 Å². The minimum absolute atomic E-state index is 0.146. The van der Waals surface area contributed by atoms with Gasteiger partial charge in [-0.05, 0) is 67.1 Å². The molecule has 2 heterocycles. The SMILES string of the molecule is C=C(C)c1ccc(-c2nnc(-c3ccc(-c4nnc(-c5cccc(C(=O)O)c5)o4)cc3)o2)cc1. The standard InChI is InChI=1S/C26H18N4O4/c1-15(2)16-6-8-17(9-7-16)22-27-28-23(33-22)18-10-12-19(13-11-18)24-29-30-25(34-24)20-4-3-5-21(14-20)26(31)32/h3-14H,1H2,2H3,(H,31,32). The lowest BCUT2D eigenvalue weighted by Crippen LogP contribution is -1.95. The number of carbonyl (C=O) groups is 1. The van der Waals surface area contributed by atoms with E-state index in [9.17, 15) is 4.79 Å². The topological polar surface area (TPSA) is 115 Å². The van der Waals surface area contributed by atoms with Gasteiger partial charge in [0.25, 0.3) is 0 Å². The van der Waals surface area contributed by atoms with Gasteiger partial charge in [0.1, 0.15) is 0 Å². The number of benzene rings is 3. The normalized spacial score (nSPS) is 10.9. The Balaban J connectivity index is 1.35. The number of nitrogens with zero attached hydrogens (tertiary/aromatic N) is 4. The highest BCUT2D eigenvalue weighted by Gasteiger charge is 2.14. The molecule has 2 aromatic heterocycles. The highest BCUT2D eigenvalue weighted by atomic mass is 16.4. The van der Waals surface area contributed by atoms with E-state index in [-0.39, 0.29) is 11.5 Å². The Hall–Kier alpha value is -4.85. The van der Waals surface area contributed by atoms with E-state index in [1.54, 1.807) is 12.1 Å². The molecule has 0 spiro atoms. The molecule has 0 saturated heterocycles. The van der Waals surface area contributed by atoms with Crippen molar-refractivity contribution < 1.29 is 18.7 Å². The largest absolute Gasteiger partial charge is 0.478 e. The third-order valence-corrected chi connectivity index (χ3v) is 5.21. The lowest BCUT2D eigenvalue weighted by Gasteiger charge is -2.00. The second-order valence-corrected chi connectivity index (χ2v) is 7.65. The van der Waals surface area contributed by atoms with Crippen molar-refractivity contribution in [2.45, 2.75) is 6.92 Å². The van der Waals surface area contributed by atoms with Gasteiger partial charge in [0.2, 0.25) is 23.6 Å². The molecule has 0 bridgehead atoms. The Labute approximate surface area is 194 Å². The summed E-state index contributed by atoms with van der Waals surface area (Å²) in [6, 6.07) is 21.4. The molecule has 0 atom stereocenters. The van der Waals surface area contributed by atoms with Crippen LogP contribution in [0.15, 0.2) is 88.2 Å². The number of aromatic nitrogens is 4. The maximum atomic E-state index is 11.2. The second kappa shape index (κ2) is 8.59. The van der Waals surface area contributed by atoms with Gasteiger partial charge in [-0.15, -0.1) is 20.4 Å². The molecule has 0 saturated carbocycles. The van der Waals surface area contributed by atoms with Gasteiger partial charge >= 0.3 is 5.97 Å². The number of carboxylic acid groups (broad SMARTS) is 1. The molecule has 0 aliphatic carbocycles. The molecule has 1 N–H and O–H groups in total. The highest BCUT2D eigenvalue weighted by Crippen LogP contribution is 2.28. The van der Waals surface area contributed by atoms with Crippen LogP contribution in [0, 0.1) is 0 Å². The third kappa shape index (κ3) is 4.12. The fraction of sp³-hybridized carbons (Fsp3) is 0.0385. The summed E-state index contributed by atoms with van der Waals surface area (Å²) >= 11 is 0. The number of allylic oxidation sites excluding steroid dienone is 1. The van der Waals surface area contributed by atoms with Crippen LogP contribution in [0.4, 0.5) is 0 Å². The molecule has 8 nitrogen and oxygen atoms in total. The average Bonchev–Trinajstić information content (AvgIpc) is 3.55. The Bertz CT molecular complexity index is 1500. The summed E-state index contributed by atoms with van der Waals surface area (Å²) in [4.78, 5) is 11.2. The minimum atomic E-state index is -1.02. The van der Waals surface area contributed by atoms with E-state index in [2.05, 4.69) is 27.0 Å². The Morgan fingerprint density at radius 2 is 1.12 bits per heavy atom. The van der Waals surface area contributed by atoms with Crippen LogP contribution in [0.5, 0.6) is 0 Å². The number of hydrogen-bond acceptors (Lipinski definition) is 7. The first kappa shape index (κ1) is 21.0. The van der Waals surface area contributed by atoms with E-state index >= 15 is 0 Å². The van der Waals surface area contributed by atoms with Crippen LogP contribution in [0.3, 0.4) is 0 Å². The van der Waals surface area contributed by atoms with E-state index in [4.69, 9.17) is 13.9 Å². The van der Waals surface area contributed by atoms with Crippen LogP contribution in [-0.4, -0.2) is 31.5 Å². The van der Waals surface area contributed by atoms with E-state index in [1.165, 1.54) is 12.1 Å². The maximum absolute atomic E-state index is 11.2. The molecule has 5 aromatic rings. The molecule has 0 fully saturated rings. The first-order chi connectivity index (χ1) is 16.5. The zero-order valence-electron chi connectivity index (χ0n) is 18.1. The number of rotatable bonds is 6. The van der Waals surface area contributed by atoms with Crippen molar-refractivity contribution in [3.8, 4) is 45.8 Å². The van der Waals surface area contributed by atoms with Crippen molar-refractivity contribution in [1.29, 1.82) is 0 Å². The number of hydrogen-bond donors (Lipinski definition) is 1. The summed E-state index contributed by atoms with van der Waals surface area (Å²) in [6.07, 6.45) is 0. The zero-order valence-corrected chi connectivity index (χ0v) is 18.1. The van der Waals surface area contributed by atoms with Gasteiger partial charge in [0, 0.05) is 22.3 Å². The highest BCUT2D eigenvalue weighted by molar-refractivity contribution is 5.89. The molecule has 0 amide bonds. The summed E-state index contributed by atoms with van der Waals surface area (Å²) < 4.78 is 11.6. The lowest BCUT2D eigenvalue weighted by molar-refractivity contribution is 0.0697. The fourth-order valence-corrected chi connectivity index (χ4v) is 3.35. The molecule has 3 aromatic carbocycles. The van der Waals surface area contributed by atoms with E-state index in [0.717, 1.165) is 22.3 Å². The van der Waals surface area contributed by atoms with Crippen LogP contribution >= 0.6 is 0 Å². The Morgan fingerprint density at radius 3 is 1.56 bits per heavy atom.